The molecule has 1 saturated heterocycles. The van der Waals surface area contributed by atoms with Crippen LogP contribution in [0.3, 0.4) is 0 Å². The number of carbonyl (C=O) groups is 1. The summed E-state index contributed by atoms with van der Waals surface area (Å²) in [6.07, 6.45) is 0.659. The Bertz CT molecular complexity index is 1060. The summed E-state index contributed by atoms with van der Waals surface area (Å²) in [5, 5.41) is 2.38. The lowest BCUT2D eigenvalue weighted by Gasteiger charge is -2.34. The molecule has 2 atom stereocenters. The fourth-order valence-corrected chi connectivity index (χ4v) is 4.80. The minimum Gasteiger partial charge on any atom is -0.356 e. The third kappa shape index (κ3) is 2.07. The van der Waals surface area contributed by atoms with Crippen LogP contribution in [0.25, 0.3) is 10.9 Å². The van der Waals surface area contributed by atoms with Gasteiger partial charge in [0.1, 0.15) is 6.04 Å². The first-order valence-electron chi connectivity index (χ1n) is 8.57. The van der Waals surface area contributed by atoms with Crippen LogP contribution in [0.5, 0.6) is 0 Å². The monoisotopic (exact) mass is 381 g/mol. The van der Waals surface area contributed by atoms with Gasteiger partial charge in [0.15, 0.2) is 5.11 Å². The van der Waals surface area contributed by atoms with Crippen molar-refractivity contribution >= 4 is 51.4 Å². The Morgan fingerprint density at radius 2 is 1.88 bits per heavy atom. The zero-order valence-corrected chi connectivity index (χ0v) is 15.6. The molecule has 1 aromatic heterocycles. The molecule has 0 radical (unpaired) electrons. The third-order valence-corrected chi connectivity index (χ3v) is 6.06. The summed E-state index contributed by atoms with van der Waals surface area (Å²) in [5.74, 6) is 0.0279. The number of H-pyrrole nitrogens is 1. The summed E-state index contributed by atoms with van der Waals surface area (Å²) in [5.41, 5.74) is 4.25. The topological polar surface area (TPSA) is 39.3 Å². The highest BCUT2D eigenvalue weighted by molar-refractivity contribution is 7.80. The van der Waals surface area contributed by atoms with Crippen LogP contribution in [0, 0.1) is 0 Å². The molecule has 1 amide bonds. The van der Waals surface area contributed by atoms with Crippen molar-refractivity contribution < 1.29 is 4.79 Å². The first-order chi connectivity index (χ1) is 12.6. The molecule has 2 aliphatic rings. The van der Waals surface area contributed by atoms with Gasteiger partial charge in [-0.15, -0.1) is 0 Å². The quantitative estimate of drug-likeness (QED) is 0.633. The number of benzene rings is 2. The molecule has 6 heteroatoms. The number of aromatic amines is 1. The fraction of sp³-hybridized carbons (Fsp3) is 0.200. The Hall–Kier alpha value is -2.37. The van der Waals surface area contributed by atoms with Crippen LogP contribution >= 0.6 is 23.8 Å². The van der Waals surface area contributed by atoms with E-state index in [1.54, 1.807) is 17.0 Å². The number of anilines is 1. The number of aromatic nitrogens is 1. The van der Waals surface area contributed by atoms with Crippen molar-refractivity contribution in [1.82, 2.24) is 9.88 Å². The van der Waals surface area contributed by atoms with Gasteiger partial charge >= 0.3 is 0 Å². The number of carbonyl (C=O) groups excluding carboxylic acids is 1. The Kier molecular flexibility index (Phi) is 3.39. The van der Waals surface area contributed by atoms with E-state index in [0.717, 1.165) is 16.9 Å². The van der Waals surface area contributed by atoms with Crippen molar-refractivity contribution in [2.45, 2.75) is 25.4 Å². The van der Waals surface area contributed by atoms with Gasteiger partial charge in [0, 0.05) is 28.0 Å². The average Bonchev–Trinajstić information content (AvgIpc) is 3.13. The lowest BCUT2D eigenvalue weighted by atomic mass is 9.93. The van der Waals surface area contributed by atoms with Crippen LogP contribution < -0.4 is 4.90 Å². The third-order valence-electron chi connectivity index (χ3n) is 5.42. The van der Waals surface area contributed by atoms with E-state index >= 15 is 0 Å². The first-order valence-corrected chi connectivity index (χ1v) is 9.36. The Morgan fingerprint density at radius 3 is 2.65 bits per heavy atom. The highest BCUT2D eigenvalue weighted by Crippen LogP contribution is 2.41. The van der Waals surface area contributed by atoms with Crippen molar-refractivity contribution in [2.75, 3.05) is 4.90 Å². The summed E-state index contributed by atoms with van der Waals surface area (Å²) >= 11 is 11.7. The maximum atomic E-state index is 13.2. The minimum atomic E-state index is -0.264. The van der Waals surface area contributed by atoms with Crippen molar-refractivity contribution in [2.24, 2.45) is 0 Å². The molecular weight excluding hydrogens is 366 g/mol. The Labute approximate surface area is 161 Å². The van der Waals surface area contributed by atoms with E-state index in [2.05, 4.69) is 28.9 Å². The van der Waals surface area contributed by atoms with E-state index in [1.807, 2.05) is 24.3 Å². The van der Waals surface area contributed by atoms with E-state index in [0.29, 0.717) is 16.6 Å². The fourth-order valence-electron chi connectivity index (χ4n) is 4.19. The number of hydrogen-bond acceptors (Lipinski definition) is 2. The van der Waals surface area contributed by atoms with E-state index in [4.69, 9.17) is 23.8 Å². The van der Waals surface area contributed by atoms with Gasteiger partial charge in [-0.25, -0.2) is 0 Å². The van der Waals surface area contributed by atoms with Gasteiger partial charge in [-0.05, 0) is 55.0 Å². The average molecular weight is 382 g/mol. The van der Waals surface area contributed by atoms with Crippen LogP contribution in [0.2, 0.25) is 5.02 Å². The molecule has 0 spiro atoms. The zero-order chi connectivity index (χ0) is 18.0. The van der Waals surface area contributed by atoms with Gasteiger partial charge in [-0.2, -0.15) is 0 Å². The predicted molar refractivity (Wildman–Crippen MR) is 108 cm³/mol. The highest BCUT2D eigenvalue weighted by atomic mass is 35.5. The van der Waals surface area contributed by atoms with Crippen molar-refractivity contribution in [1.29, 1.82) is 0 Å². The first kappa shape index (κ1) is 15.9. The molecule has 3 aromatic rings. The van der Waals surface area contributed by atoms with Gasteiger partial charge in [-0.3, -0.25) is 9.69 Å². The number of thiocarbonyl (C=S) groups is 1. The molecule has 2 aromatic carbocycles. The number of nitrogens with zero attached hydrogens (tertiary/aromatic N) is 2. The van der Waals surface area contributed by atoms with Crippen LogP contribution in [0.15, 0.2) is 48.5 Å². The lowest BCUT2D eigenvalue weighted by Crippen LogP contribution is -2.42. The summed E-state index contributed by atoms with van der Waals surface area (Å²) in [7, 11) is 0. The predicted octanol–water partition coefficient (Wildman–Crippen LogP) is 4.44. The smallest absolute Gasteiger partial charge is 0.256 e. The number of rotatable bonds is 1. The van der Waals surface area contributed by atoms with Crippen LogP contribution in [0.1, 0.15) is 24.2 Å². The molecule has 130 valence electrons. The summed E-state index contributed by atoms with van der Waals surface area (Å²) in [6.45, 7) is 2.10. The molecule has 4 nitrogen and oxygen atoms in total. The minimum absolute atomic E-state index is 0.0184. The lowest BCUT2D eigenvalue weighted by molar-refractivity contribution is -0.120. The van der Waals surface area contributed by atoms with E-state index < -0.39 is 0 Å². The second-order valence-electron chi connectivity index (χ2n) is 6.80. The SMILES string of the molecule is C[C@@H]1c2[nH]c3ccccc3c2C[C@@H]2C(=O)N(c3ccc(Cl)cc3)C(=S)N21. The number of halogens is 1. The molecule has 1 N–H and O–H groups in total. The number of amides is 1. The van der Waals surface area contributed by atoms with Crippen LogP contribution in [-0.2, 0) is 11.2 Å². The Morgan fingerprint density at radius 1 is 1.15 bits per heavy atom. The van der Waals surface area contributed by atoms with Crippen molar-refractivity contribution in [3.05, 3.63) is 64.8 Å². The second-order valence-corrected chi connectivity index (χ2v) is 7.60. The molecule has 0 saturated carbocycles. The number of fused-ring (bicyclic) bond motifs is 4. The van der Waals surface area contributed by atoms with E-state index in [-0.39, 0.29) is 18.0 Å². The van der Waals surface area contributed by atoms with Crippen LogP contribution in [-0.4, -0.2) is 26.9 Å². The zero-order valence-electron chi connectivity index (χ0n) is 14.1. The number of para-hydroxylation sites is 1. The number of hydrogen-bond donors (Lipinski definition) is 1. The standard InChI is InChI=1S/C20H16ClN3OS/c1-11-18-15(14-4-2-3-5-16(14)22-18)10-17-19(25)24(20(26)23(11)17)13-8-6-12(21)7-9-13/h2-9,11,17,22H,10H2,1H3/t11-,17-/m1/s1. The van der Waals surface area contributed by atoms with Gasteiger partial charge in [0.2, 0.25) is 0 Å². The van der Waals surface area contributed by atoms with Crippen LogP contribution in [0.4, 0.5) is 5.69 Å². The van der Waals surface area contributed by atoms with Gasteiger partial charge < -0.3 is 9.88 Å². The Balaban J connectivity index is 1.60. The van der Waals surface area contributed by atoms with Crippen molar-refractivity contribution in [3.63, 3.8) is 0 Å². The molecule has 5 rings (SSSR count). The molecule has 3 heterocycles. The van der Waals surface area contributed by atoms with Gasteiger partial charge in [0.05, 0.1) is 11.7 Å². The molecular formula is C20H16ClN3OS. The molecule has 0 aliphatic carbocycles. The maximum Gasteiger partial charge on any atom is 0.256 e. The molecule has 2 aliphatic heterocycles. The highest BCUT2D eigenvalue weighted by Gasteiger charge is 2.49. The molecule has 0 unspecified atom stereocenters. The molecule has 0 bridgehead atoms. The van der Waals surface area contributed by atoms with E-state index in [1.165, 1.54) is 10.9 Å². The number of nitrogens with one attached hydrogen (secondary N) is 1. The maximum absolute atomic E-state index is 13.2. The second kappa shape index (κ2) is 5.56. The normalized spacial score (nSPS) is 22.1. The largest absolute Gasteiger partial charge is 0.356 e. The summed E-state index contributed by atoms with van der Waals surface area (Å²) in [4.78, 5) is 20.4. The summed E-state index contributed by atoms with van der Waals surface area (Å²) < 4.78 is 0. The van der Waals surface area contributed by atoms with Gasteiger partial charge in [-0.1, -0.05) is 29.8 Å². The van der Waals surface area contributed by atoms with E-state index in [9.17, 15) is 4.79 Å². The van der Waals surface area contributed by atoms with Crippen molar-refractivity contribution in [3.8, 4) is 0 Å². The summed E-state index contributed by atoms with van der Waals surface area (Å²) in [6, 6.07) is 15.2. The van der Waals surface area contributed by atoms with Gasteiger partial charge in [0.25, 0.3) is 5.91 Å². The molecule has 1 fully saturated rings. The molecule has 26 heavy (non-hydrogen) atoms.